The highest BCUT2D eigenvalue weighted by molar-refractivity contribution is 5.73. The van der Waals surface area contributed by atoms with E-state index >= 15 is 0 Å². The van der Waals surface area contributed by atoms with E-state index in [0.29, 0.717) is 0 Å². The van der Waals surface area contributed by atoms with E-state index in [0.717, 1.165) is 42.9 Å². The van der Waals surface area contributed by atoms with Crippen molar-refractivity contribution in [3.63, 3.8) is 0 Å². The van der Waals surface area contributed by atoms with Crippen LogP contribution >= 0.6 is 0 Å². The Bertz CT molecular complexity index is 494. The standard InChI is InChI=1S/C16H25N3O2/c1-11(17)16-14(5-4-6-15(16)21-3)19-9-7-13(8-10-19)18-12(2)20/h4-6,11,13H,7-10,17H2,1-3H3,(H,18,20)/t11-/m0/s1. The Kier molecular flexibility index (Phi) is 5.07. The molecular formula is C16H25N3O2. The number of rotatable bonds is 4. The molecule has 2 rings (SSSR count). The van der Waals surface area contributed by atoms with Gasteiger partial charge in [0.1, 0.15) is 5.75 Å². The number of carbonyl (C=O) groups is 1. The van der Waals surface area contributed by atoms with E-state index in [-0.39, 0.29) is 18.0 Å². The molecule has 1 heterocycles. The summed E-state index contributed by atoms with van der Waals surface area (Å²) in [6.45, 7) is 5.38. The molecule has 1 aromatic carbocycles. The number of benzene rings is 1. The SMILES string of the molecule is COc1cccc(N2CCC(NC(C)=O)CC2)c1[C@H](C)N. The highest BCUT2D eigenvalue weighted by Crippen LogP contribution is 2.34. The van der Waals surface area contributed by atoms with Crippen LogP contribution in [0.4, 0.5) is 5.69 Å². The zero-order chi connectivity index (χ0) is 15.4. The Morgan fingerprint density at radius 3 is 2.62 bits per heavy atom. The summed E-state index contributed by atoms with van der Waals surface area (Å²) in [5.74, 6) is 0.887. The molecule has 0 unspecified atom stereocenters. The Morgan fingerprint density at radius 2 is 2.10 bits per heavy atom. The normalized spacial score (nSPS) is 17.4. The first-order valence-corrected chi connectivity index (χ1v) is 7.47. The fourth-order valence-corrected chi connectivity index (χ4v) is 3.00. The lowest BCUT2D eigenvalue weighted by molar-refractivity contribution is -0.119. The predicted molar refractivity (Wildman–Crippen MR) is 84.6 cm³/mol. The third-order valence-electron chi connectivity index (χ3n) is 3.96. The van der Waals surface area contributed by atoms with Crippen LogP contribution in [0.15, 0.2) is 18.2 Å². The van der Waals surface area contributed by atoms with Gasteiger partial charge in [-0.3, -0.25) is 4.79 Å². The van der Waals surface area contributed by atoms with Crippen LogP contribution in [0.2, 0.25) is 0 Å². The quantitative estimate of drug-likeness (QED) is 0.888. The van der Waals surface area contributed by atoms with Gasteiger partial charge in [0.15, 0.2) is 0 Å². The van der Waals surface area contributed by atoms with Gasteiger partial charge in [-0.1, -0.05) is 6.07 Å². The number of nitrogens with one attached hydrogen (secondary N) is 1. The predicted octanol–water partition coefficient (Wildman–Crippen LogP) is 1.82. The van der Waals surface area contributed by atoms with Crippen molar-refractivity contribution >= 4 is 11.6 Å². The van der Waals surface area contributed by atoms with Gasteiger partial charge < -0.3 is 20.7 Å². The number of carbonyl (C=O) groups excluding carboxylic acids is 1. The van der Waals surface area contributed by atoms with E-state index in [4.69, 9.17) is 10.5 Å². The Labute approximate surface area is 126 Å². The van der Waals surface area contributed by atoms with Gasteiger partial charge in [0, 0.05) is 43.3 Å². The van der Waals surface area contributed by atoms with Crippen molar-refractivity contribution in [1.82, 2.24) is 5.32 Å². The third kappa shape index (κ3) is 3.67. The lowest BCUT2D eigenvalue weighted by Gasteiger charge is -2.35. The van der Waals surface area contributed by atoms with Crippen LogP contribution in [0.3, 0.4) is 0 Å². The second-order valence-electron chi connectivity index (χ2n) is 5.64. The Morgan fingerprint density at radius 1 is 1.43 bits per heavy atom. The second kappa shape index (κ2) is 6.80. The summed E-state index contributed by atoms with van der Waals surface area (Å²) in [5, 5.41) is 3.00. The topological polar surface area (TPSA) is 67.6 Å². The molecule has 0 saturated carbocycles. The summed E-state index contributed by atoms with van der Waals surface area (Å²) < 4.78 is 5.45. The molecule has 21 heavy (non-hydrogen) atoms. The van der Waals surface area contributed by atoms with E-state index in [1.54, 1.807) is 14.0 Å². The van der Waals surface area contributed by atoms with E-state index < -0.39 is 0 Å². The number of ether oxygens (including phenoxy) is 1. The number of hydrogen-bond acceptors (Lipinski definition) is 4. The number of nitrogens with two attached hydrogens (primary N) is 1. The molecule has 1 saturated heterocycles. The summed E-state index contributed by atoms with van der Waals surface area (Å²) in [7, 11) is 1.67. The van der Waals surface area contributed by atoms with Crippen LogP contribution in [0.25, 0.3) is 0 Å². The van der Waals surface area contributed by atoms with Gasteiger partial charge in [0.25, 0.3) is 0 Å². The van der Waals surface area contributed by atoms with Crippen molar-refractivity contribution in [2.24, 2.45) is 5.73 Å². The number of amides is 1. The molecule has 1 aliphatic heterocycles. The monoisotopic (exact) mass is 291 g/mol. The molecule has 116 valence electrons. The number of nitrogens with zero attached hydrogens (tertiary/aromatic N) is 1. The maximum atomic E-state index is 11.1. The van der Waals surface area contributed by atoms with Gasteiger partial charge in [-0.2, -0.15) is 0 Å². The van der Waals surface area contributed by atoms with Crippen LogP contribution in [0, 0.1) is 0 Å². The van der Waals surface area contributed by atoms with Gasteiger partial charge >= 0.3 is 0 Å². The van der Waals surface area contributed by atoms with Crippen molar-refractivity contribution in [3.05, 3.63) is 23.8 Å². The van der Waals surface area contributed by atoms with Gasteiger partial charge in [-0.25, -0.2) is 0 Å². The first-order valence-electron chi connectivity index (χ1n) is 7.47. The molecule has 0 aliphatic carbocycles. The van der Waals surface area contributed by atoms with Crippen LogP contribution in [-0.4, -0.2) is 32.1 Å². The molecule has 0 radical (unpaired) electrons. The minimum Gasteiger partial charge on any atom is -0.496 e. The fourth-order valence-electron chi connectivity index (χ4n) is 3.00. The molecule has 1 aliphatic rings. The zero-order valence-electron chi connectivity index (χ0n) is 13.1. The number of piperidine rings is 1. The minimum absolute atomic E-state index is 0.0473. The van der Waals surface area contributed by atoms with Gasteiger partial charge in [0.05, 0.1) is 7.11 Å². The van der Waals surface area contributed by atoms with Crippen molar-refractivity contribution < 1.29 is 9.53 Å². The molecule has 0 spiro atoms. The average Bonchev–Trinajstić information content (AvgIpc) is 2.46. The first-order chi connectivity index (χ1) is 10.0. The van der Waals surface area contributed by atoms with Crippen molar-refractivity contribution in [2.45, 2.75) is 38.8 Å². The Balaban J connectivity index is 2.15. The molecule has 1 atom stereocenters. The molecular weight excluding hydrogens is 266 g/mol. The summed E-state index contributed by atoms with van der Waals surface area (Å²) in [6, 6.07) is 6.25. The average molecular weight is 291 g/mol. The summed E-state index contributed by atoms with van der Waals surface area (Å²) >= 11 is 0. The molecule has 1 aromatic rings. The van der Waals surface area contributed by atoms with Crippen LogP contribution in [-0.2, 0) is 4.79 Å². The summed E-state index contributed by atoms with van der Waals surface area (Å²) in [4.78, 5) is 13.5. The molecule has 1 fully saturated rings. The molecule has 5 nitrogen and oxygen atoms in total. The van der Waals surface area contributed by atoms with Gasteiger partial charge in [-0.05, 0) is 31.9 Å². The first kappa shape index (κ1) is 15.6. The fraction of sp³-hybridized carbons (Fsp3) is 0.562. The molecule has 1 amide bonds. The number of methoxy groups -OCH3 is 1. The maximum Gasteiger partial charge on any atom is 0.217 e. The molecule has 0 aromatic heterocycles. The second-order valence-corrected chi connectivity index (χ2v) is 5.64. The lowest BCUT2D eigenvalue weighted by Crippen LogP contribution is -2.44. The van der Waals surface area contributed by atoms with E-state index in [1.807, 2.05) is 19.1 Å². The van der Waals surface area contributed by atoms with Crippen LogP contribution in [0.5, 0.6) is 5.75 Å². The van der Waals surface area contributed by atoms with Crippen molar-refractivity contribution in [1.29, 1.82) is 0 Å². The van der Waals surface area contributed by atoms with Crippen LogP contribution in [0.1, 0.15) is 38.3 Å². The number of anilines is 1. The molecule has 5 heteroatoms. The maximum absolute atomic E-state index is 11.1. The van der Waals surface area contributed by atoms with Crippen LogP contribution < -0.4 is 20.7 Å². The highest BCUT2D eigenvalue weighted by atomic mass is 16.5. The van der Waals surface area contributed by atoms with E-state index in [2.05, 4.69) is 16.3 Å². The van der Waals surface area contributed by atoms with Crippen molar-refractivity contribution in [3.8, 4) is 5.75 Å². The molecule has 0 bridgehead atoms. The van der Waals surface area contributed by atoms with Gasteiger partial charge in [0.2, 0.25) is 5.91 Å². The smallest absolute Gasteiger partial charge is 0.217 e. The summed E-state index contributed by atoms with van der Waals surface area (Å²) in [5.41, 5.74) is 8.32. The zero-order valence-corrected chi connectivity index (χ0v) is 13.1. The Hall–Kier alpha value is -1.75. The van der Waals surface area contributed by atoms with E-state index in [1.165, 1.54) is 0 Å². The van der Waals surface area contributed by atoms with Gasteiger partial charge in [-0.15, -0.1) is 0 Å². The highest BCUT2D eigenvalue weighted by Gasteiger charge is 2.23. The molecule has 3 N–H and O–H groups in total. The minimum atomic E-state index is -0.0794. The third-order valence-corrected chi connectivity index (χ3v) is 3.96. The summed E-state index contributed by atoms with van der Waals surface area (Å²) in [6.07, 6.45) is 1.91. The van der Waals surface area contributed by atoms with E-state index in [9.17, 15) is 4.79 Å². The van der Waals surface area contributed by atoms with Crippen molar-refractivity contribution in [2.75, 3.05) is 25.1 Å². The largest absolute Gasteiger partial charge is 0.496 e. The number of hydrogen-bond donors (Lipinski definition) is 2. The lowest BCUT2D eigenvalue weighted by atomic mass is 10.00.